The van der Waals surface area contributed by atoms with Crippen LogP contribution in [0.15, 0.2) is 0 Å². The van der Waals surface area contributed by atoms with E-state index in [-0.39, 0.29) is 0 Å². The fourth-order valence-electron chi connectivity index (χ4n) is 3.28. The summed E-state index contributed by atoms with van der Waals surface area (Å²) in [5, 5.41) is 0. The second-order valence-electron chi connectivity index (χ2n) is 8.41. The fraction of sp³-hybridized carbons (Fsp3) is 1.00. The Hall–Kier alpha value is -0.170. The summed E-state index contributed by atoms with van der Waals surface area (Å²) in [6.07, 6.45) is 21.5. The third kappa shape index (κ3) is 33.8. The first kappa shape index (κ1) is 29.0. The van der Waals surface area contributed by atoms with E-state index in [1.807, 2.05) is 0 Å². The van der Waals surface area contributed by atoms with Crippen LogP contribution >= 0.6 is 0 Å². The van der Waals surface area contributed by atoms with E-state index in [9.17, 15) is 0 Å². The first-order valence-electron chi connectivity index (χ1n) is 11.1. The summed E-state index contributed by atoms with van der Waals surface area (Å²) in [5.41, 5.74) is 0. The first-order valence-corrected chi connectivity index (χ1v) is 12.5. The summed E-state index contributed by atoms with van der Waals surface area (Å²) in [7, 11) is -0.0589. The Morgan fingerprint density at radius 1 is 0.630 bits per heavy atom. The van der Waals surface area contributed by atoms with Gasteiger partial charge in [-0.3, -0.25) is 4.55 Å². The Labute approximate surface area is 170 Å². The molecule has 0 aliphatic rings. The molecule has 1 N–H and O–H groups in total. The van der Waals surface area contributed by atoms with E-state index in [4.69, 9.17) is 17.5 Å². The van der Waals surface area contributed by atoms with Crippen molar-refractivity contribution < 1.29 is 22.0 Å². The molecule has 0 bridgehead atoms. The Bertz CT molecular complexity index is 389. The van der Waals surface area contributed by atoms with E-state index in [0.29, 0.717) is 0 Å². The summed E-state index contributed by atoms with van der Waals surface area (Å²) < 4.78 is 34.1. The molecule has 0 aromatic rings. The van der Waals surface area contributed by atoms with Crippen molar-refractivity contribution in [1.82, 2.24) is 0 Å². The third-order valence-electron chi connectivity index (χ3n) is 4.98. The van der Waals surface area contributed by atoms with Crippen LogP contribution in [0.5, 0.6) is 0 Å². The number of hydrogen-bond acceptors (Lipinski definition) is 3. The molecule has 0 heterocycles. The molecule has 166 valence electrons. The van der Waals surface area contributed by atoms with Crippen LogP contribution in [0.4, 0.5) is 0 Å². The first-order chi connectivity index (χ1) is 12.6. The van der Waals surface area contributed by atoms with Crippen molar-refractivity contribution in [3.05, 3.63) is 0 Å². The van der Waals surface area contributed by atoms with E-state index in [1.165, 1.54) is 114 Å². The van der Waals surface area contributed by atoms with Gasteiger partial charge < -0.3 is 9.04 Å². The number of rotatable bonds is 17. The normalized spacial score (nSPS) is 11.9. The molecule has 0 aliphatic carbocycles. The van der Waals surface area contributed by atoms with Crippen LogP contribution in [-0.2, 0) is 10.4 Å². The van der Waals surface area contributed by atoms with Gasteiger partial charge in [0.1, 0.15) is 0 Å². The topological polar surface area (TPSA) is 77.4 Å². The van der Waals surface area contributed by atoms with E-state index >= 15 is 0 Å². The molecule has 6 heteroatoms. The fourth-order valence-corrected chi connectivity index (χ4v) is 3.28. The lowest BCUT2D eigenvalue weighted by molar-refractivity contribution is -0.890. The van der Waals surface area contributed by atoms with Crippen molar-refractivity contribution in [3.8, 4) is 0 Å². The zero-order chi connectivity index (χ0) is 21.0. The SMILES string of the molecule is CCCCCCCCCC[N+](C)(C)CCCCCCCCC.O=S(=O)([O-])O. The summed E-state index contributed by atoms with van der Waals surface area (Å²) >= 11 is 0. The van der Waals surface area contributed by atoms with Crippen LogP contribution in [0.1, 0.15) is 110 Å². The maximum atomic E-state index is 8.63. The predicted molar refractivity (Wildman–Crippen MR) is 115 cm³/mol. The van der Waals surface area contributed by atoms with Gasteiger partial charge in [0.15, 0.2) is 0 Å². The standard InChI is InChI=1S/C21H46N.H2O4S/c1-5-7-9-11-13-15-17-19-21-22(3,4)20-18-16-14-12-10-8-6-2;1-5(2,3)4/h5-21H2,1-4H3;(H2,1,2,3,4)/q+1;/p-1. The molecule has 0 spiro atoms. The number of unbranched alkanes of at least 4 members (excludes halogenated alkanes) is 13. The maximum absolute atomic E-state index is 8.63. The minimum Gasteiger partial charge on any atom is -0.726 e. The molecule has 0 aromatic carbocycles. The molecule has 0 aliphatic heterocycles. The summed E-state index contributed by atoms with van der Waals surface area (Å²) in [4.78, 5) is 0. The van der Waals surface area contributed by atoms with Gasteiger partial charge in [-0.05, 0) is 25.7 Å². The van der Waals surface area contributed by atoms with Crippen molar-refractivity contribution in [2.24, 2.45) is 0 Å². The van der Waals surface area contributed by atoms with E-state index in [0.717, 1.165) is 0 Å². The molecule has 0 aromatic heterocycles. The predicted octanol–water partition coefficient (Wildman–Crippen LogP) is 5.96. The van der Waals surface area contributed by atoms with E-state index in [2.05, 4.69) is 27.9 Å². The molecule has 0 unspecified atom stereocenters. The second kappa shape index (κ2) is 19.2. The molecule has 0 amide bonds. The van der Waals surface area contributed by atoms with Gasteiger partial charge in [0.2, 0.25) is 10.4 Å². The van der Waals surface area contributed by atoms with Crippen molar-refractivity contribution in [2.45, 2.75) is 110 Å². The van der Waals surface area contributed by atoms with E-state index < -0.39 is 10.4 Å². The van der Waals surface area contributed by atoms with Crippen LogP contribution in [0, 0.1) is 0 Å². The highest BCUT2D eigenvalue weighted by Gasteiger charge is 2.13. The summed E-state index contributed by atoms with van der Waals surface area (Å²) in [6.45, 7) is 7.35. The molecule has 0 rings (SSSR count). The highest BCUT2D eigenvalue weighted by Crippen LogP contribution is 2.12. The Balaban J connectivity index is 0. The van der Waals surface area contributed by atoms with Gasteiger partial charge in [0, 0.05) is 0 Å². The minimum absolute atomic E-state index is 1.24. The lowest BCUT2D eigenvalue weighted by Crippen LogP contribution is -2.41. The second-order valence-corrected chi connectivity index (χ2v) is 9.26. The van der Waals surface area contributed by atoms with Crippen LogP contribution in [0.2, 0.25) is 0 Å². The quantitative estimate of drug-likeness (QED) is 0.139. The van der Waals surface area contributed by atoms with Gasteiger partial charge in [-0.2, -0.15) is 0 Å². The third-order valence-corrected chi connectivity index (χ3v) is 4.98. The van der Waals surface area contributed by atoms with Crippen molar-refractivity contribution >= 4 is 10.4 Å². The van der Waals surface area contributed by atoms with Crippen LogP contribution in [0.25, 0.3) is 0 Å². The maximum Gasteiger partial charge on any atom is 0.215 e. The largest absolute Gasteiger partial charge is 0.726 e. The smallest absolute Gasteiger partial charge is 0.215 e. The number of quaternary nitrogens is 1. The summed E-state index contributed by atoms with van der Waals surface area (Å²) in [5.74, 6) is 0. The Morgan fingerprint density at radius 2 is 0.852 bits per heavy atom. The van der Waals surface area contributed by atoms with Crippen molar-refractivity contribution in [3.63, 3.8) is 0 Å². The lowest BCUT2D eigenvalue weighted by atomic mass is 10.1. The molecule has 0 radical (unpaired) electrons. The molecule has 0 fully saturated rings. The monoisotopic (exact) mass is 409 g/mol. The molecule has 0 atom stereocenters. The van der Waals surface area contributed by atoms with Gasteiger partial charge in [0.25, 0.3) is 0 Å². The van der Waals surface area contributed by atoms with Crippen molar-refractivity contribution in [2.75, 3.05) is 27.2 Å². The van der Waals surface area contributed by atoms with Gasteiger partial charge in [-0.25, -0.2) is 8.42 Å². The Kier molecular flexibility index (Phi) is 20.6. The Morgan fingerprint density at radius 3 is 1.11 bits per heavy atom. The van der Waals surface area contributed by atoms with Crippen LogP contribution < -0.4 is 0 Å². The average Bonchev–Trinajstić information content (AvgIpc) is 2.55. The molecule has 5 nitrogen and oxygen atoms in total. The highest BCUT2D eigenvalue weighted by molar-refractivity contribution is 7.79. The zero-order valence-corrected chi connectivity index (χ0v) is 19.4. The van der Waals surface area contributed by atoms with Gasteiger partial charge in [0.05, 0.1) is 27.2 Å². The molecule has 27 heavy (non-hydrogen) atoms. The van der Waals surface area contributed by atoms with Crippen LogP contribution in [-0.4, -0.2) is 49.2 Å². The van der Waals surface area contributed by atoms with Gasteiger partial charge in [-0.1, -0.05) is 84.5 Å². The molecular formula is C21H47NO4S. The zero-order valence-electron chi connectivity index (χ0n) is 18.5. The van der Waals surface area contributed by atoms with Gasteiger partial charge in [-0.15, -0.1) is 0 Å². The molecule has 0 saturated heterocycles. The van der Waals surface area contributed by atoms with Crippen molar-refractivity contribution in [1.29, 1.82) is 0 Å². The number of nitrogens with zero attached hydrogens (tertiary/aromatic N) is 1. The highest BCUT2D eigenvalue weighted by atomic mass is 32.3. The van der Waals surface area contributed by atoms with E-state index in [1.54, 1.807) is 0 Å². The minimum atomic E-state index is -4.92. The average molecular weight is 410 g/mol. The lowest BCUT2D eigenvalue weighted by Gasteiger charge is -2.30. The summed E-state index contributed by atoms with van der Waals surface area (Å²) in [6, 6.07) is 0. The molecular weight excluding hydrogens is 362 g/mol. The number of hydrogen-bond donors (Lipinski definition) is 1. The molecule has 0 saturated carbocycles. The van der Waals surface area contributed by atoms with Gasteiger partial charge >= 0.3 is 0 Å². The van der Waals surface area contributed by atoms with Crippen LogP contribution in [0.3, 0.4) is 0 Å².